The quantitative estimate of drug-likeness (QED) is 0.0613. The number of aromatic hydroxyl groups is 1. The van der Waals surface area contributed by atoms with Gasteiger partial charge in [-0.25, -0.2) is 4.79 Å². The number of carbonyl (C=O) groups excluding carboxylic acids is 3. The molecule has 5 aromatic carbocycles. The number of nitrogens with one attached hydrogen (secondary N) is 4. The van der Waals surface area contributed by atoms with Gasteiger partial charge in [0.05, 0.1) is 17.3 Å². The molecule has 13 nitrogen and oxygen atoms in total. The summed E-state index contributed by atoms with van der Waals surface area (Å²) in [6.45, 7) is 4.22. The lowest BCUT2D eigenvalue weighted by Crippen LogP contribution is -2.40. The summed E-state index contributed by atoms with van der Waals surface area (Å²) in [5.41, 5.74) is 5.77. The lowest BCUT2D eigenvalue weighted by molar-refractivity contribution is -0.118. The number of pyridine rings is 1. The Morgan fingerprint density at radius 1 is 0.871 bits per heavy atom. The molecule has 2 atom stereocenters. The third-order valence-corrected chi connectivity index (χ3v) is 11.2. The first-order valence-corrected chi connectivity index (χ1v) is 20.9. The van der Waals surface area contributed by atoms with Crippen LogP contribution in [-0.2, 0) is 16.0 Å². The number of benzene rings is 5. The van der Waals surface area contributed by atoms with Gasteiger partial charge in [0.2, 0.25) is 11.5 Å². The van der Waals surface area contributed by atoms with Crippen LogP contribution in [0.2, 0.25) is 0 Å². The third kappa shape index (κ3) is 11.1. The van der Waals surface area contributed by atoms with Crippen LogP contribution in [0.15, 0.2) is 132 Å². The minimum atomic E-state index is -0.885. The van der Waals surface area contributed by atoms with Crippen LogP contribution in [0.1, 0.15) is 53.8 Å². The molecule has 1 aliphatic rings. The van der Waals surface area contributed by atoms with Crippen molar-refractivity contribution in [3.8, 4) is 16.9 Å². The number of para-hydroxylation sites is 1. The Kier molecular flexibility index (Phi) is 14.1. The fourth-order valence-electron chi connectivity index (χ4n) is 7.80. The summed E-state index contributed by atoms with van der Waals surface area (Å²) >= 11 is 0. The van der Waals surface area contributed by atoms with E-state index in [0.29, 0.717) is 78.9 Å². The molecule has 62 heavy (non-hydrogen) atoms. The summed E-state index contributed by atoms with van der Waals surface area (Å²) in [6, 6.07) is 38.1. The Labute approximate surface area is 360 Å². The van der Waals surface area contributed by atoms with Crippen molar-refractivity contribution in [2.24, 2.45) is 0 Å². The number of H-pyrrole nitrogens is 1. The van der Waals surface area contributed by atoms with Gasteiger partial charge in [-0.05, 0) is 91.4 Å². The van der Waals surface area contributed by atoms with Gasteiger partial charge in [0.25, 0.3) is 5.91 Å². The van der Waals surface area contributed by atoms with Crippen LogP contribution in [0.5, 0.6) is 5.75 Å². The van der Waals surface area contributed by atoms with Crippen LogP contribution in [0.4, 0.5) is 21.9 Å². The van der Waals surface area contributed by atoms with Crippen molar-refractivity contribution in [3.05, 3.63) is 154 Å². The Balaban J connectivity index is 0.844. The number of carbonyl (C=O) groups is 3. The molecule has 320 valence electrons. The monoisotopic (exact) mass is 836 g/mol. The lowest BCUT2D eigenvalue weighted by atomic mass is 10.0. The van der Waals surface area contributed by atoms with Gasteiger partial charge in [-0.3, -0.25) is 19.7 Å². The first-order valence-electron chi connectivity index (χ1n) is 20.9. The fourth-order valence-corrected chi connectivity index (χ4v) is 7.80. The molecule has 7 rings (SSSR count). The van der Waals surface area contributed by atoms with Crippen LogP contribution < -0.4 is 26.4 Å². The van der Waals surface area contributed by atoms with Crippen molar-refractivity contribution in [2.45, 2.75) is 50.9 Å². The second-order valence-electron chi connectivity index (χ2n) is 15.7. The van der Waals surface area contributed by atoms with E-state index in [4.69, 9.17) is 4.74 Å². The number of ether oxygens (including phenoxy) is 1. The molecule has 0 aliphatic carbocycles. The van der Waals surface area contributed by atoms with Crippen LogP contribution in [0, 0.1) is 0 Å². The summed E-state index contributed by atoms with van der Waals surface area (Å²) in [7, 11) is 1.71. The third-order valence-electron chi connectivity index (χ3n) is 11.2. The van der Waals surface area contributed by atoms with Crippen molar-refractivity contribution in [1.82, 2.24) is 15.2 Å². The number of phenols is 1. The number of aromatic nitrogens is 1. The van der Waals surface area contributed by atoms with Crippen molar-refractivity contribution in [3.63, 3.8) is 0 Å². The van der Waals surface area contributed by atoms with E-state index in [0.717, 1.165) is 16.7 Å². The predicted molar refractivity (Wildman–Crippen MR) is 243 cm³/mol. The molecule has 0 unspecified atom stereocenters. The van der Waals surface area contributed by atoms with Gasteiger partial charge in [-0.15, -0.1) is 0 Å². The second kappa shape index (κ2) is 20.2. The predicted octanol–water partition coefficient (Wildman–Crippen LogP) is 7.47. The minimum absolute atomic E-state index is 0.0302. The lowest BCUT2D eigenvalue weighted by Gasteiger charge is -2.31. The van der Waals surface area contributed by atoms with E-state index >= 15 is 0 Å². The smallest absolute Gasteiger partial charge is 0.411 e. The highest BCUT2D eigenvalue weighted by Gasteiger charge is 2.24. The maximum Gasteiger partial charge on any atom is 0.411 e. The number of amides is 3. The molecular formula is C49H52N6O7. The molecule has 1 aromatic heterocycles. The van der Waals surface area contributed by atoms with Gasteiger partial charge in [0, 0.05) is 79.6 Å². The molecule has 1 fully saturated rings. The number of anilines is 3. The normalized spacial score (nSPS) is 14.2. The molecule has 0 saturated carbocycles. The number of hydrogen-bond acceptors (Lipinski definition) is 9. The molecule has 13 heteroatoms. The summed E-state index contributed by atoms with van der Waals surface area (Å²) in [6.07, 6.45) is 0.674. The first-order chi connectivity index (χ1) is 30.0. The number of nitrogens with zero attached hydrogens (tertiary/aromatic N) is 2. The largest absolute Gasteiger partial charge is 0.506 e. The minimum Gasteiger partial charge on any atom is -0.506 e. The van der Waals surface area contributed by atoms with Crippen LogP contribution in [0.25, 0.3) is 22.0 Å². The van der Waals surface area contributed by atoms with Crippen molar-refractivity contribution in [2.75, 3.05) is 48.8 Å². The van der Waals surface area contributed by atoms with Crippen molar-refractivity contribution in [1.29, 1.82) is 0 Å². The van der Waals surface area contributed by atoms with Gasteiger partial charge in [0.15, 0.2) is 0 Å². The second-order valence-corrected chi connectivity index (χ2v) is 15.7. The van der Waals surface area contributed by atoms with E-state index in [-0.39, 0.29) is 47.3 Å². The highest BCUT2D eigenvalue weighted by atomic mass is 16.6. The summed E-state index contributed by atoms with van der Waals surface area (Å²) < 4.78 is 5.78. The van der Waals surface area contributed by atoms with Crippen LogP contribution in [0.3, 0.4) is 0 Å². The number of fused-ring (bicyclic) bond motifs is 1. The highest BCUT2D eigenvalue weighted by molar-refractivity contribution is 6.05. The van der Waals surface area contributed by atoms with Gasteiger partial charge in [-0.2, -0.15) is 0 Å². The number of piperidine rings is 1. The summed E-state index contributed by atoms with van der Waals surface area (Å²) in [5.74, 6) is -0.444. The van der Waals surface area contributed by atoms with E-state index < -0.39 is 12.2 Å². The van der Waals surface area contributed by atoms with Crippen LogP contribution >= 0.6 is 0 Å². The summed E-state index contributed by atoms with van der Waals surface area (Å²) in [4.78, 5) is 57.7. The molecular weight excluding hydrogens is 785 g/mol. The van der Waals surface area contributed by atoms with Gasteiger partial charge in [0.1, 0.15) is 11.9 Å². The van der Waals surface area contributed by atoms with Crippen molar-refractivity contribution >= 4 is 45.9 Å². The Hall–Kier alpha value is -6.80. The number of likely N-dealkylation sites (tertiary alicyclic amines) is 1. The Morgan fingerprint density at radius 2 is 1.63 bits per heavy atom. The maximum atomic E-state index is 13.4. The van der Waals surface area contributed by atoms with Gasteiger partial charge < -0.3 is 40.4 Å². The average Bonchev–Trinajstić information content (AvgIpc) is 3.28. The van der Waals surface area contributed by atoms with E-state index in [1.807, 2.05) is 85.8 Å². The SMILES string of the molecule is C[C@@H](Cc1cccc(NC(=O)c2cccc(N(C)C(=O)CCN3CCC(OC(=O)Nc4ccccc4-c4ccccc4)CC3)c2)c1)NC[C@H](O)c1ccc(O)c2[nH]c(=O)ccc12. The standard InChI is InChI=1S/C49H52N6O7/c1-32(50-31-44(57)40-18-20-43(56)47-41(40)19-21-45(58)53-47)28-33-10-8-14-36(29-33)51-48(60)35-13-9-15-37(30-35)54(2)46(59)24-27-55-25-22-38(23-26-55)62-49(61)52-42-17-7-6-16-39(42)34-11-4-3-5-12-34/h3-21,29-30,32,38,44,50,56-57H,22-28,31H2,1-2H3,(H,51,60)(H,52,61)(H,53,58)/t32-,44-/m0/s1. The highest BCUT2D eigenvalue weighted by Crippen LogP contribution is 2.30. The van der Waals surface area contributed by atoms with Gasteiger partial charge >= 0.3 is 6.09 Å². The van der Waals surface area contributed by atoms with E-state index in [1.165, 1.54) is 12.1 Å². The zero-order chi connectivity index (χ0) is 43.6. The molecule has 0 spiro atoms. The van der Waals surface area contributed by atoms with E-state index in [2.05, 4.69) is 25.8 Å². The van der Waals surface area contributed by atoms with Crippen LogP contribution in [-0.4, -0.2) is 83.4 Å². The molecule has 6 N–H and O–H groups in total. The van der Waals surface area contributed by atoms with E-state index in [9.17, 15) is 29.4 Å². The van der Waals surface area contributed by atoms with Gasteiger partial charge in [-0.1, -0.05) is 72.8 Å². The molecule has 0 radical (unpaired) electrons. The Bertz CT molecular complexity index is 2570. The number of aliphatic hydroxyl groups excluding tert-OH is 1. The molecule has 0 bridgehead atoms. The van der Waals surface area contributed by atoms with E-state index in [1.54, 1.807) is 48.3 Å². The molecule has 1 aliphatic heterocycles. The zero-order valence-electron chi connectivity index (χ0n) is 34.8. The number of rotatable bonds is 15. The average molecular weight is 837 g/mol. The topological polar surface area (TPSA) is 176 Å². The Morgan fingerprint density at radius 3 is 2.44 bits per heavy atom. The maximum absolute atomic E-state index is 13.4. The molecule has 3 amide bonds. The zero-order valence-corrected chi connectivity index (χ0v) is 34.8. The molecule has 6 aromatic rings. The molecule has 1 saturated heterocycles. The van der Waals surface area contributed by atoms with Crippen molar-refractivity contribution < 1.29 is 29.3 Å². The first kappa shape index (κ1) is 43.3. The number of hydrogen-bond donors (Lipinski definition) is 6. The number of aliphatic hydroxyl groups is 1. The molecule has 2 heterocycles. The fraction of sp³-hybridized carbons (Fsp3) is 0.265. The summed E-state index contributed by atoms with van der Waals surface area (Å²) in [5, 5.41) is 31.0. The number of aromatic amines is 1. The number of phenolic OH excluding ortho intramolecular Hbond substituents is 1.